The lowest BCUT2D eigenvalue weighted by Gasteiger charge is -2.16. The van der Waals surface area contributed by atoms with Gasteiger partial charge in [-0.1, -0.05) is 30.3 Å². The summed E-state index contributed by atoms with van der Waals surface area (Å²) >= 11 is 5.71. The number of nitrogens with zero attached hydrogens (tertiary/aromatic N) is 1. The van der Waals surface area contributed by atoms with Crippen LogP contribution in [0.25, 0.3) is 0 Å². The van der Waals surface area contributed by atoms with E-state index >= 15 is 0 Å². The van der Waals surface area contributed by atoms with Crippen molar-refractivity contribution in [2.75, 3.05) is 25.5 Å². The number of benzene rings is 1. The van der Waals surface area contributed by atoms with E-state index in [4.69, 9.17) is 11.6 Å². The molecule has 1 atom stereocenters. The molecule has 1 N–H and O–H groups in total. The molecular formula is C13H19ClN2. The van der Waals surface area contributed by atoms with Gasteiger partial charge in [0.1, 0.15) is 0 Å². The molecule has 0 bridgehead atoms. The van der Waals surface area contributed by atoms with Crippen LogP contribution in [-0.2, 0) is 0 Å². The first kappa shape index (κ1) is 13.1. The molecule has 16 heavy (non-hydrogen) atoms. The lowest BCUT2D eigenvalue weighted by atomic mass is 10.1. The normalized spacial score (nSPS) is 12.2. The zero-order valence-electron chi connectivity index (χ0n) is 10.1. The number of nitrogens with one attached hydrogen (secondary N) is 1. The summed E-state index contributed by atoms with van der Waals surface area (Å²) in [5.41, 5.74) is 2.46. The highest BCUT2D eigenvalue weighted by Gasteiger charge is 2.04. The van der Waals surface area contributed by atoms with Gasteiger partial charge in [0.25, 0.3) is 0 Å². The fourth-order valence-corrected chi connectivity index (χ4v) is 1.52. The summed E-state index contributed by atoms with van der Waals surface area (Å²) in [6.07, 6.45) is 0. The van der Waals surface area contributed by atoms with Crippen LogP contribution >= 0.6 is 11.6 Å². The molecule has 1 unspecified atom stereocenters. The van der Waals surface area contributed by atoms with Gasteiger partial charge in [-0.2, -0.15) is 0 Å². The minimum absolute atomic E-state index is 0.284. The molecule has 0 spiro atoms. The molecule has 0 aliphatic rings. The average Bonchev–Trinajstić information content (AvgIpc) is 2.26. The molecule has 3 heteroatoms. The lowest BCUT2D eigenvalue weighted by Crippen LogP contribution is -2.19. The first-order chi connectivity index (χ1) is 7.50. The predicted molar refractivity (Wildman–Crippen MR) is 72.2 cm³/mol. The van der Waals surface area contributed by atoms with Crippen LogP contribution in [0.4, 0.5) is 5.69 Å². The van der Waals surface area contributed by atoms with Crippen LogP contribution < -0.4 is 10.2 Å². The summed E-state index contributed by atoms with van der Waals surface area (Å²) in [4.78, 5) is 2.09. The molecule has 1 aromatic carbocycles. The Balaban J connectivity index is 2.62. The van der Waals surface area contributed by atoms with Crippen molar-refractivity contribution < 1.29 is 0 Å². The minimum Gasteiger partial charge on any atom is -0.378 e. The van der Waals surface area contributed by atoms with Crippen molar-refractivity contribution >= 4 is 17.3 Å². The molecule has 0 aliphatic heterocycles. The van der Waals surface area contributed by atoms with Crippen LogP contribution in [0.15, 0.2) is 35.9 Å². The van der Waals surface area contributed by atoms with Crippen LogP contribution in [0.3, 0.4) is 0 Å². The molecule has 0 saturated heterocycles. The van der Waals surface area contributed by atoms with Crippen LogP contribution in [0.1, 0.15) is 18.5 Å². The number of rotatable bonds is 5. The summed E-state index contributed by atoms with van der Waals surface area (Å²) in [7, 11) is 4.07. The van der Waals surface area contributed by atoms with Gasteiger partial charge in [0, 0.05) is 37.4 Å². The van der Waals surface area contributed by atoms with E-state index in [-0.39, 0.29) is 6.04 Å². The van der Waals surface area contributed by atoms with E-state index in [0.29, 0.717) is 11.6 Å². The van der Waals surface area contributed by atoms with Crippen molar-refractivity contribution in [3.63, 3.8) is 0 Å². The second-order valence-electron chi connectivity index (χ2n) is 4.11. The Labute approximate surface area is 103 Å². The van der Waals surface area contributed by atoms with Crippen molar-refractivity contribution in [2.45, 2.75) is 13.0 Å². The molecule has 0 saturated carbocycles. The molecule has 0 heterocycles. The van der Waals surface area contributed by atoms with Gasteiger partial charge in [-0.05, 0) is 24.6 Å². The molecule has 0 fully saturated rings. The van der Waals surface area contributed by atoms with Gasteiger partial charge in [0.05, 0.1) is 0 Å². The highest BCUT2D eigenvalue weighted by Crippen LogP contribution is 2.17. The largest absolute Gasteiger partial charge is 0.378 e. The molecular weight excluding hydrogens is 220 g/mol. The molecule has 0 radical (unpaired) electrons. The second-order valence-corrected chi connectivity index (χ2v) is 4.64. The average molecular weight is 239 g/mol. The molecule has 88 valence electrons. The quantitative estimate of drug-likeness (QED) is 0.848. The summed E-state index contributed by atoms with van der Waals surface area (Å²) < 4.78 is 0. The van der Waals surface area contributed by atoms with E-state index in [1.54, 1.807) is 0 Å². The topological polar surface area (TPSA) is 15.3 Å². The summed E-state index contributed by atoms with van der Waals surface area (Å²) in [5.74, 6) is 0. The van der Waals surface area contributed by atoms with Gasteiger partial charge in [-0.3, -0.25) is 0 Å². The third-order valence-electron chi connectivity index (χ3n) is 2.51. The van der Waals surface area contributed by atoms with Gasteiger partial charge in [-0.15, -0.1) is 0 Å². The maximum atomic E-state index is 5.71. The zero-order chi connectivity index (χ0) is 12.1. The third-order valence-corrected chi connectivity index (χ3v) is 2.64. The van der Waals surface area contributed by atoms with Crippen LogP contribution in [0, 0.1) is 0 Å². The van der Waals surface area contributed by atoms with Gasteiger partial charge in [0.15, 0.2) is 0 Å². The standard InChI is InChI=1S/C13H19ClN2/c1-10(14)9-15-11(2)12-5-7-13(8-6-12)16(3)4/h5-8,11,15H,1,9H2,2-4H3. The smallest absolute Gasteiger partial charge is 0.0361 e. The molecule has 1 aromatic rings. The van der Waals surface area contributed by atoms with Crippen molar-refractivity contribution in [1.82, 2.24) is 5.32 Å². The number of halogens is 1. The van der Waals surface area contributed by atoms with E-state index < -0.39 is 0 Å². The first-order valence-electron chi connectivity index (χ1n) is 5.34. The van der Waals surface area contributed by atoms with Gasteiger partial charge < -0.3 is 10.2 Å². The molecule has 1 rings (SSSR count). The first-order valence-corrected chi connectivity index (χ1v) is 5.72. The highest BCUT2D eigenvalue weighted by molar-refractivity contribution is 6.29. The Bertz CT molecular complexity index is 343. The van der Waals surface area contributed by atoms with Crippen molar-refractivity contribution in [3.8, 4) is 0 Å². The molecule has 0 aromatic heterocycles. The zero-order valence-corrected chi connectivity index (χ0v) is 10.9. The highest BCUT2D eigenvalue weighted by atomic mass is 35.5. The fourth-order valence-electron chi connectivity index (χ4n) is 1.44. The molecule has 0 aliphatic carbocycles. The maximum Gasteiger partial charge on any atom is 0.0361 e. The van der Waals surface area contributed by atoms with Crippen LogP contribution in [0.5, 0.6) is 0 Å². The Morgan fingerprint density at radius 1 is 1.38 bits per heavy atom. The van der Waals surface area contributed by atoms with Gasteiger partial charge in [0.2, 0.25) is 0 Å². The Hall–Kier alpha value is -0.990. The van der Waals surface area contributed by atoms with E-state index in [1.165, 1.54) is 11.3 Å². The summed E-state index contributed by atoms with van der Waals surface area (Å²) in [5, 5.41) is 3.94. The Kier molecular flexibility index (Phi) is 4.84. The second kappa shape index (κ2) is 5.92. The fraction of sp³-hybridized carbons (Fsp3) is 0.385. The maximum absolute atomic E-state index is 5.71. The number of hydrogen-bond donors (Lipinski definition) is 1. The van der Waals surface area contributed by atoms with Gasteiger partial charge >= 0.3 is 0 Å². The molecule has 0 amide bonds. The SMILES string of the molecule is C=C(Cl)CNC(C)c1ccc(N(C)C)cc1. The third kappa shape index (κ3) is 3.87. The van der Waals surface area contributed by atoms with E-state index in [1.807, 2.05) is 14.1 Å². The van der Waals surface area contributed by atoms with Crippen molar-refractivity contribution in [2.24, 2.45) is 0 Å². The lowest BCUT2D eigenvalue weighted by molar-refractivity contribution is 0.614. The predicted octanol–water partition coefficient (Wildman–Crippen LogP) is 3.16. The monoisotopic (exact) mass is 238 g/mol. The van der Waals surface area contributed by atoms with E-state index in [9.17, 15) is 0 Å². The van der Waals surface area contributed by atoms with E-state index in [0.717, 1.165) is 0 Å². The Morgan fingerprint density at radius 3 is 2.38 bits per heavy atom. The number of hydrogen-bond acceptors (Lipinski definition) is 2. The van der Waals surface area contributed by atoms with Crippen LogP contribution in [0.2, 0.25) is 0 Å². The van der Waals surface area contributed by atoms with E-state index in [2.05, 4.69) is 48.0 Å². The van der Waals surface area contributed by atoms with Crippen molar-refractivity contribution in [3.05, 3.63) is 41.4 Å². The summed E-state index contributed by atoms with van der Waals surface area (Å²) in [6.45, 7) is 6.41. The van der Waals surface area contributed by atoms with Crippen molar-refractivity contribution in [1.29, 1.82) is 0 Å². The minimum atomic E-state index is 0.284. The number of anilines is 1. The summed E-state index contributed by atoms with van der Waals surface area (Å²) in [6, 6.07) is 8.77. The molecule has 2 nitrogen and oxygen atoms in total. The Morgan fingerprint density at radius 2 is 1.94 bits per heavy atom. The van der Waals surface area contributed by atoms with Gasteiger partial charge in [-0.25, -0.2) is 0 Å². The van der Waals surface area contributed by atoms with Crippen LogP contribution in [-0.4, -0.2) is 20.6 Å².